The molecule has 0 aliphatic rings. The molecule has 0 spiro atoms. The maximum absolute atomic E-state index is 10.9. The van der Waals surface area contributed by atoms with Crippen molar-refractivity contribution in [2.75, 3.05) is 13.2 Å². The Kier molecular flexibility index (Phi) is 17.4. The fourth-order valence-electron chi connectivity index (χ4n) is 1.26. The molecule has 0 saturated carbocycles. The highest BCUT2D eigenvalue weighted by molar-refractivity contribution is 5.75. The van der Waals surface area contributed by atoms with Gasteiger partial charge in [-0.1, -0.05) is 32.6 Å². The zero-order valence-corrected chi connectivity index (χ0v) is 12.0. The third-order valence-electron chi connectivity index (χ3n) is 2.25. The second-order valence-corrected chi connectivity index (χ2v) is 4.14. The average Bonchev–Trinajstić information content (AvgIpc) is 2.30. The number of Topliss-reactive ketones (excluding diaryl/α,β-unsaturated/α-hetero) is 1. The average molecular weight is 260 g/mol. The summed E-state index contributed by atoms with van der Waals surface area (Å²) < 4.78 is 4.81. The van der Waals surface area contributed by atoms with Crippen LogP contribution < -0.4 is 0 Å². The van der Waals surface area contributed by atoms with Crippen molar-refractivity contribution < 1.29 is 19.4 Å². The molecule has 0 radical (unpaired) electrons. The molecule has 0 fully saturated rings. The molecule has 0 unspecified atom stereocenters. The van der Waals surface area contributed by atoms with Gasteiger partial charge in [-0.25, -0.2) is 0 Å². The van der Waals surface area contributed by atoms with Crippen molar-refractivity contribution in [2.24, 2.45) is 0 Å². The minimum Gasteiger partial charge on any atom is -0.466 e. The van der Waals surface area contributed by atoms with E-state index in [9.17, 15) is 9.59 Å². The van der Waals surface area contributed by atoms with Gasteiger partial charge >= 0.3 is 5.97 Å². The highest BCUT2D eigenvalue weighted by Gasteiger charge is 1.99. The molecule has 18 heavy (non-hydrogen) atoms. The predicted octanol–water partition coefficient (Wildman–Crippen LogP) is 2.87. The molecule has 0 bridgehead atoms. The lowest BCUT2D eigenvalue weighted by atomic mass is 10.1. The lowest BCUT2D eigenvalue weighted by Gasteiger charge is -2.00. The molecule has 108 valence electrons. The SMILES string of the molecule is CC(=O)CCO.CCCCCCCC(=O)OCC. The van der Waals surface area contributed by atoms with Gasteiger partial charge in [0.2, 0.25) is 0 Å². The Morgan fingerprint density at radius 2 is 1.61 bits per heavy atom. The summed E-state index contributed by atoms with van der Waals surface area (Å²) in [5.74, 6) is -0.00787. The summed E-state index contributed by atoms with van der Waals surface area (Å²) in [5.41, 5.74) is 0. The largest absolute Gasteiger partial charge is 0.466 e. The van der Waals surface area contributed by atoms with E-state index in [1.54, 1.807) is 0 Å². The lowest BCUT2D eigenvalue weighted by Crippen LogP contribution is -2.02. The quantitative estimate of drug-likeness (QED) is 0.511. The van der Waals surface area contributed by atoms with E-state index in [0.717, 1.165) is 12.8 Å². The zero-order chi connectivity index (χ0) is 14.2. The molecule has 0 atom stereocenters. The molecular weight excluding hydrogens is 232 g/mol. The van der Waals surface area contributed by atoms with Crippen molar-refractivity contribution in [1.29, 1.82) is 0 Å². The van der Waals surface area contributed by atoms with Crippen LogP contribution in [0.2, 0.25) is 0 Å². The van der Waals surface area contributed by atoms with Crippen molar-refractivity contribution in [2.45, 2.75) is 65.7 Å². The van der Waals surface area contributed by atoms with Gasteiger partial charge < -0.3 is 9.84 Å². The summed E-state index contributed by atoms with van der Waals surface area (Å²) in [4.78, 5) is 20.7. The number of rotatable bonds is 9. The van der Waals surface area contributed by atoms with E-state index in [2.05, 4.69) is 6.92 Å². The van der Waals surface area contributed by atoms with Gasteiger partial charge in [-0.3, -0.25) is 9.59 Å². The molecular formula is C14H28O4. The molecule has 0 amide bonds. The maximum Gasteiger partial charge on any atom is 0.305 e. The molecule has 0 aromatic rings. The fourth-order valence-corrected chi connectivity index (χ4v) is 1.26. The van der Waals surface area contributed by atoms with E-state index >= 15 is 0 Å². The van der Waals surface area contributed by atoms with Crippen LogP contribution in [-0.2, 0) is 14.3 Å². The van der Waals surface area contributed by atoms with E-state index in [1.807, 2.05) is 6.92 Å². The minimum atomic E-state index is -0.0472. The maximum atomic E-state index is 10.9. The Labute approximate surface area is 111 Å². The van der Waals surface area contributed by atoms with Crippen LogP contribution in [0, 0.1) is 0 Å². The molecule has 0 aromatic heterocycles. The Morgan fingerprint density at radius 1 is 1.00 bits per heavy atom. The van der Waals surface area contributed by atoms with E-state index < -0.39 is 0 Å². The Morgan fingerprint density at radius 3 is 2.00 bits per heavy atom. The standard InChI is InChI=1S/C10H20O2.C4H8O2/c1-3-5-6-7-8-9-10(11)12-4-2;1-4(6)2-3-5/h3-9H2,1-2H3;5H,2-3H2,1H3. The summed E-state index contributed by atoms with van der Waals surface area (Å²) in [6.07, 6.45) is 6.81. The molecule has 0 saturated heterocycles. The highest BCUT2D eigenvalue weighted by atomic mass is 16.5. The first-order chi connectivity index (χ1) is 8.58. The van der Waals surface area contributed by atoms with E-state index in [4.69, 9.17) is 9.84 Å². The number of hydrogen-bond donors (Lipinski definition) is 1. The summed E-state index contributed by atoms with van der Waals surface area (Å²) in [5, 5.41) is 8.02. The highest BCUT2D eigenvalue weighted by Crippen LogP contribution is 2.05. The third kappa shape index (κ3) is 20.5. The number of unbranched alkanes of at least 4 members (excludes halogenated alkanes) is 4. The molecule has 1 N–H and O–H groups in total. The van der Waals surface area contributed by atoms with Gasteiger partial charge in [0.05, 0.1) is 6.61 Å². The number of aliphatic hydroxyl groups is 1. The first-order valence-corrected chi connectivity index (χ1v) is 6.84. The number of aliphatic hydroxyl groups excluding tert-OH is 1. The predicted molar refractivity (Wildman–Crippen MR) is 72.4 cm³/mol. The first kappa shape index (κ1) is 19.4. The van der Waals surface area contributed by atoms with Gasteiger partial charge in [-0.05, 0) is 20.3 Å². The Hall–Kier alpha value is -0.900. The molecule has 4 nitrogen and oxygen atoms in total. The van der Waals surface area contributed by atoms with Crippen LogP contribution >= 0.6 is 0 Å². The fraction of sp³-hybridized carbons (Fsp3) is 0.857. The number of carbonyl (C=O) groups excluding carboxylic acids is 2. The van der Waals surface area contributed by atoms with Gasteiger partial charge in [0.1, 0.15) is 5.78 Å². The third-order valence-corrected chi connectivity index (χ3v) is 2.25. The molecule has 0 aliphatic heterocycles. The van der Waals surface area contributed by atoms with Gasteiger partial charge in [0, 0.05) is 19.4 Å². The van der Waals surface area contributed by atoms with Crippen molar-refractivity contribution >= 4 is 11.8 Å². The van der Waals surface area contributed by atoms with Gasteiger partial charge in [-0.15, -0.1) is 0 Å². The lowest BCUT2D eigenvalue weighted by molar-refractivity contribution is -0.143. The van der Waals surface area contributed by atoms with Crippen molar-refractivity contribution in [1.82, 2.24) is 0 Å². The second kappa shape index (κ2) is 16.1. The van der Waals surface area contributed by atoms with Crippen LogP contribution in [0.3, 0.4) is 0 Å². The van der Waals surface area contributed by atoms with Crippen LogP contribution in [0.4, 0.5) is 0 Å². The molecule has 0 heterocycles. The van der Waals surface area contributed by atoms with Gasteiger partial charge in [0.15, 0.2) is 0 Å². The van der Waals surface area contributed by atoms with Crippen LogP contribution in [0.1, 0.15) is 65.7 Å². The summed E-state index contributed by atoms with van der Waals surface area (Å²) in [7, 11) is 0. The molecule has 4 heteroatoms. The number of ketones is 1. The van der Waals surface area contributed by atoms with Gasteiger partial charge in [0.25, 0.3) is 0 Å². The zero-order valence-electron chi connectivity index (χ0n) is 12.0. The van der Waals surface area contributed by atoms with Crippen molar-refractivity contribution in [3.05, 3.63) is 0 Å². The number of esters is 1. The van der Waals surface area contributed by atoms with E-state index in [-0.39, 0.29) is 18.4 Å². The minimum absolute atomic E-state index is 0.0185. The Balaban J connectivity index is 0. The van der Waals surface area contributed by atoms with E-state index in [0.29, 0.717) is 19.4 Å². The normalized spacial score (nSPS) is 9.33. The first-order valence-electron chi connectivity index (χ1n) is 6.84. The monoisotopic (exact) mass is 260 g/mol. The summed E-state index contributed by atoms with van der Waals surface area (Å²) >= 11 is 0. The molecule has 0 aliphatic carbocycles. The smallest absolute Gasteiger partial charge is 0.305 e. The van der Waals surface area contributed by atoms with Crippen LogP contribution in [0.25, 0.3) is 0 Å². The molecule has 0 aromatic carbocycles. The molecule has 0 rings (SSSR count). The van der Waals surface area contributed by atoms with Crippen LogP contribution in [0.15, 0.2) is 0 Å². The van der Waals surface area contributed by atoms with Crippen LogP contribution in [0.5, 0.6) is 0 Å². The Bertz CT molecular complexity index is 202. The number of hydrogen-bond acceptors (Lipinski definition) is 4. The number of carbonyl (C=O) groups is 2. The summed E-state index contributed by atoms with van der Waals surface area (Å²) in [6.45, 7) is 5.97. The topological polar surface area (TPSA) is 63.6 Å². The van der Waals surface area contributed by atoms with Gasteiger partial charge in [-0.2, -0.15) is 0 Å². The van der Waals surface area contributed by atoms with E-state index in [1.165, 1.54) is 26.2 Å². The van der Waals surface area contributed by atoms with Crippen molar-refractivity contribution in [3.8, 4) is 0 Å². The van der Waals surface area contributed by atoms with Crippen molar-refractivity contribution in [3.63, 3.8) is 0 Å². The second-order valence-electron chi connectivity index (χ2n) is 4.14. The summed E-state index contributed by atoms with van der Waals surface area (Å²) in [6, 6.07) is 0. The number of ether oxygens (including phenoxy) is 1. The van der Waals surface area contributed by atoms with Crippen LogP contribution in [-0.4, -0.2) is 30.1 Å².